The summed E-state index contributed by atoms with van der Waals surface area (Å²) in [6.45, 7) is 1.68. The minimum absolute atomic E-state index is 0.0619. The van der Waals surface area contributed by atoms with E-state index >= 15 is 0 Å². The van der Waals surface area contributed by atoms with Gasteiger partial charge < -0.3 is 10.7 Å². The van der Waals surface area contributed by atoms with Gasteiger partial charge in [-0.05, 0) is 25.7 Å². The summed E-state index contributed by atoms with van der Waals surface area (Å²) in [5, 5.41) is 0.305. The second-order valence-corrected chi connectivity index (χ2v) is 6.33. The van der Waals surface area contributed by atoms with Crippen molar-refractivity contribution in [2.24, 2.45) is 10.7 Å². The van der Waals surface area contributed by atoms with Crippen molar-refractivity contribution in [2.45, 2.75) is 43.9 Å². The lowest BCUT2D eigenvalue weighted by atomic mass is 10.1. The minimum atomic E-state index is -4.58. The zero-order chi connectivity index (χ0) is 17.9. The topological polar surface area (TPSA) is 84.1 Å². The maximum atomic E-state index is 13.1. The van der Waals surface area contributed by atoms with Crippen LogP contribution in [0.5, 0.6) is 0 Å². The van der Waals surface area contributed by atoms with Gasteiger partial charge in [-0.1, -0.05) is 18.7 Å². The lowest BCUT2D eigenvalue weighted by Crippen LogP contribution is -2.28. The standard InChI is InChI=1S/C15H19F3N4OS/c1-3-10(19)9(12(20-2)15(16,17)18)7-24-14-21-11-6-4-5-8(11)13(23)22-14/h3-7,19H2,1-2H3,(H,21,22,23)/b10-9-,20-12?. The molecule has 0 fully saturated rings. The van der Waals surface area contributed by atoms with Crippen LogP contribution in [0.15, 0.2) is 26.2 Å². The van der Waals surface area contributed by atoms with E-state index in [-0.39, 0.29) is 29.0 Å². The number of aromatic amines is 1. The Bertz CT molecular complexity index is 737. The lowest BCUT2D eigenvalue weighted by molar-refractivity contribution is -0.0583. The van der Waals surface area contributed by atoms with Crippen LogP contribution < -0.4 is 11.3 Å². The first kappa shape index (κ1) is 18.6. The van der Waals surface area contributed by atoms with E-state index in [1.807, 2.05) is 0 Å². The molecule has 0 aromatic carbocycles. The van der Waals surface area contributed by atoms with Crippen LogP contribution in [0, 0.1) is 0 Å². The summed E-state index contributed by atoms with van der Waals surface area (Å²) in [4.78, 5) is 22.3. The molecular weight excluding hydrogens is 341 g/mol. The summed E-state index contributed by atoms with van der Waals surface area (Å²) in [6, 6.07) is 0. The molecule has 3 N–H and O–H groups in total. The van der Waals surface area contributed by atoms with Crippen molar-refractivity contribution in [3.8, 4) is 0 Å². The number of thioether (sulfide) groups is 1. The van der Waals surface area contributed by atoms with Gasteiger partial charge in [0.2, 0.25) is 0 Å². The minimum Gasteiger partial charge on any atom is -0.402 e. The van der Waals surface area contributed by atoms with Gasteiger partial charge >= 0.3 is 6.18 Å². The highest BCUT2D eigenvalue weighted by atomic mass is 32.2. The highest BCUT2D eigenvalue weighted by Gasteiger charge is 2.38. The summed E-state index contributed by atoms with van der Waals surface area (Å²) >= 11 is 1.03. The number of nitrogens with zero attached hydrogens (tertiary/aromatic N) is 2. The number of hydrogen-bond donors (Lipinski definition) is 2. The molecule has 0 amide bonds. The van der Waals surface area contributed by atoms with Crippen LogP contribution in [0.2, 0.25) is 0 Å². The number of H-pyrrole nitrogens is 1. The molecule has 0 spiro atoms. The molecule has 1 aliphatic carbocycles. The Hall–Kier alpha value is -1.77. The van der Waals surface area contributed by atoms with Crippen molar-refractivity contribution in [3.05, 3.63) is 32.9 Å². The molecule has 0 aliphatic heterocycles. The summed E-state index contributed by atoms with van der Waals surface area (Å²) in [6.07, 6.45) is -2.02. The van der Waals surface area contributed by atoms with Gasteiger partial charge in [0.1, 0.15) is 5.71 Å². The van der Waals surface area contributed by atoms with Crippen LogP contribution >= 0.6 is 11.8 Å². The van der Waals surface area contributed by atoms with E-state index in [4.69, 9.17) is 5.73 Å². The Kier molecular flexibility index (Phi) is 5.74. The molecule has 0 atom stereocenters. The number of aliphatic imine (C=N–C) groups is 1. The Morgan fingerprint density at radius 2 is 2.12 bits per heavy atom. The van der Waals surface area contributed by atoms with Gasteiger partial charge in [-0.25, -0.2) is 4.98 Å². The molecule has 1 heterocycles. The first-order valence-corrected chi connectivity index (χ1v) is 8.53. The SMILES string of the molecule is CC/C(N)=C(\CSc1nc2c(c(=O)[nH]1)CCC2)C(=NC)C(F)(F)F. The maximum absolute atomic E-state index is 13.1. The van der Waals surface area contributed by atoms with Crippen LogP contribution in [0.3, 0.4) is 0 Å². The maximum Gasteiger partial charge on any atom is 0.433 e. The molecule has 1 aliphatic rings. The zero-order valence-electron chi connectivity index (χ0n) is 13.5. The normalized spacial score (nSPS) is 16.1. The Morgan fingerprint density at radius 3 is 2.71 bits per heavy atom. The van der Waals surface area contributed by atoms with Crippen LogP contribution in [-0.4, -0.2) is 34.7 Å². The molecule has 0 saturated heterocycles. The van der Waals surface area contributed by atoms with Crippen molar-refractivity contribution in [1.29, 1.82) is 0 Å². The third-order valence-electron chi connectivity index (χ3n) is 3.82. The number of aromatic nitrogens is 2. The summed E-state index contributed by atoms with van der Waals surface area (Å²) in [5.41, 5.74) is 6.03. The molecule has 0 unspecified atom stereocenters. The van der Waals surface area contributed by atoms with Gasteiger partial charge in [-0.3, -0.25) is 9.79 Å². The second-order valence-electron chi connectivity index (χ2n) is 5.37. The highest BCUT2D eigenvalue weighted by Crippen LogP contribution is 2.28. The van der Waals surface area contributed by atoms with Gasteiger partial charge in [0, 0.05) is 29.6 Å². The summed E-state index contributed by atoms with van der Waals surface area (Å²) in [7, 11) is 1.09. The molecule has 5 nitrogen and oxygen atoms in total. The Balaban J connectivity index is 2.27. The van der Waals surface area contributed by atoms with Crippen molar-refractivity contribution in [2.75, 3.05) is 12.8 Å². The number of allylic oxidation sites excluding steroid dienone is 1. The lowest BCUT2D eigenvalue weighted by Gasteiger charge is -2.16. The molecule has 1 aromatic rings. The van der Waals surface area contributed by atoms with Gasteiger partial charge in [0.25, 0.3) is 5.56 Å². The van der Waals surface area contributed by atoms with Crippen molar-refractivity contribution in [1.82, 2.24) is 9.97 Å². The van der Waals surface area contributed by atoms with Gasteiger partial charge in [-0.15, -0.1) is 0 Å². The number of alkyl halides is 3. The van der Waals surface area contributed by atoms with E-state index in [1.54, 1.807) is 6.92 Å². The van der Waals surface area contributed by atoms with Crippen LogP contribution in [0.1, 0.15) is 31.0 Å². The Morgan fingerprint density at radius 1 is 1.42 bits per heavy atom. The summed E-state index contributed by atoms with van der Waals surface area (Å²) in [5.74, 6) is -0.0619. The molecular formula is C15H19F3N4OS. The molecule has 132 valence electrons. The quantitative estimate of drug-likeness (QED) is 0.480. The van der Waals surface area contributed by atoms with E-state index in [2.05, 4.69) is 15.0 Å². The molecule has 0 saturated carbocycles. The fraction of sp³-hybridized carbons (Fsp3) is 0.533. The summed E-state index contributed by atoms with van der Waals surface area (Å²) < 4.78 is 39.4. The second kappa shape index (κ2) is 7.42. The van der Waals surface area contributed by atoms with E-state index in [9.17, 15) is 18.0 Å². The van der Waals surface area contributed by atoms with Crippen molar-refractivity contribution in [3.63, 3.8) is 0 Å². The van der Waals surface area contributed by atoms with Crippen LogP contribution in [0.25, 0.3) is 0 Å². The highest BCUT2D eigenvalue weighted by molar-refractivity contribution is 7.99. The molecule has 9 heteroatoms. The van der Waals surface area contributed by atoms with Crippen LogP contribution in [0.4, 0.5) is 13.2 Å². The predicted molar refractivity (Wildman–Crippen MR) is 88.5 cm³/mol. The Labute approximate surface area is 141 Å². The predicted octanol–water partition coefficient (Wildman–Crippen LogP) is 2.61. The van der Waals surface area contributed by atoms with E-state index in [1.165, 1.54) is 0 Å². The van der Waals surface area contributed by atoms with E-state index < -0.39 is 11.9 Å². The van der Waals surface area contributed by atoms with Crippen molar-refractivity contribution >= 4 is 17.5 Å². The molecule has 1 aromatic heterocycles. The van der Waals surface area contributed by atoms with Crippen LogP contribution in [-0.2, 0) is 12.8 Å². The monoisotopic (exact) mass is 360 g/mol. The number of rotatable bonds is 5. The van der Waals surface area contributed by atoms with Gasteiger partial charge in [0.15, 0.2) is 5.16 Å². The molecule has 24 heavy (non-hydrogen) atoms. The van der Waals surface area contributed by atoms with Gasteiger partial charge in [-0.2, -0.15) is 13.2 Å². The largest absolute Gasteiger partial charge is 0.433 e. The van der Waals surface area contributed by atoms with Gasteiger partial charge in [0.05, 0.1) is 5.69 Å². The average molecular weight is 360 g/mol. The van der Waals surface area contributed by atoms with E-state index in [0.717, 1.165) is 37.3 Å². The number of aryl methyl sites for hydroxylation is 1. The molecule has 0 radical (unpaired) electrons. The molecule has 2 rings (SSSR count). The first-order valence-electron chi connectivity index (χ1n) is 7.54. The van der Waals surface area contributed by atoms with E-state index in [0.29, 0.717) is 17.1 Å². The number of halogens is 3. The van der Waals surface area contributed by atoms with Crippen molar-refractivity contribution < 1.29 is 13.2 Å². The smallest absolute Gasteiger partial charge is 0.402 e. The first-order chi connectivity index (χ1) is 11.3. The number of nitrogens with one attached hydrogen (secondary N) is 1. The zero-order valence-corrected chi connectivity index (χ0v) is 14.3. The fourth-order valence-corrected chi connectivity index (χ4v) is 3.53. The molecule has 0 bridgehead atoms. The third kappa shape index (κ3) is 4.00. The third-order valence-corrected chi connectivity index (χ3v) is 4.72. The number of hydrogen-bond acceptors (Lipinski definition) is 5. The number of fused-ring (bicyclic) bond motifs is 1. The average Bonchev–Trinajstić information content (AvgIpc) is 2.98. The fourth-order valence-electron chi connectivity index (χ4n) is 2.59. The number of nitrogens with two attached hydrogens (primary N) is 1.